The maximum atomic E-state index is 11.9. The quantitative estimate of drug-likeness (QED) is 0.828. The van der Waals surface area contributed by atoms with E-state index in [1.54, 1.807) is 37.5 Å². The molecule has 0 saturated carbocycles. The molecule has 82 valence electrons. The van der Waals surface area contributed by atoms with E-state index >= 15 is 0 Å². The number of anilines is 2. The smallest absolute Gasteiger partial charge is 0.294 e. The van der Waals surface area contributed by atoms with Crippen LogP contribution < -0.4 is 10.6 Å². The minimum absolute atomic E-state index is 0.261. The van der Waals surface area contributed by atoms with Gasteiger partial charge in [0.05, 0.1) is 6.26 Å². The highest BCUT2D eigenvalue weighted by Crippen LogP contribution is 2.15. The van der Waals surface area contributed by atoms with Crippen LogP contribution in [0.25, 0.3) is 0 Å². The normalized spacial score (nSPS) is 10.1. The molecule has 0 bridgehead atoms. The molecule has 0 atom stereocenters. The van der Waals surface area contributed by atoms with Crippen LogP contribution in [0, 0.1) is 0 Å². The third-order valence-corrected chi connectivity index (χ3v) is 2.15. The summed E-state index contributed by atoms with van der Waals surface area (Å²) < 4.78 is 5.02. The van der Waals surface area contributed by atoms with E-state index < -0.39 is 0 Å². The van der Waals surface area contributed by atoms with Crippen molar-refractivity contribution >= 4 is 17.4 Å². The molecule has 0 unspecified atom stereocenters. The van der Waals surface area contributed by atoms with Gasteiger partial charge in [0, 0.05) is 25.0 Å². The Labute approximate surface area is 92.5 Å². The SMILES string of the molecule is CN(C(=O)c1ccco1)c1cc(N)ccn1. The second kappa shape index (κ2) is 4.06. The van der Waals surface area contributed by atoms with Crippen LogP contribution in [0.3, 0.4) is 0 Å². The molecule has 2 rings (SSSR count). The first kappa shape index (κ1) is 10.2. The summed E-state index contributed by atoms with van der Waals surface area (Å²) in [5, 5.41) is 0. The molecule has 2 heterocycles. The number of furan rings is 1. The lowest BCUT2D eigenvalue weighted by molar-refractivity contribution is 0.0966. The minimum Gasteiger partial charge on any atom is -0.459 e. The van der Waals surface area contributed by atoms with Crippen molar-refractivity contribution in [3.63, 3.8) is 0 Å². The summed E-state index contributed by atoms with van der Waals surface area (Å²) >= 11 is 0. The van der Waals surface area contributed by atoms with E-state index in [1.807, 2.05) is 0 Å². The predicted molar refractivity (Wildman–Crippen MR) is 60.1 cm³/mol. The van der Waals surface area contributed by atoms with Crippen molar-refractivity contribution in [1.82, 2.24) is 4.98 Å². The van der Waals surface area contributed by atoms with E-state index in [0.717, 1.165) is 0 Å². The van der Waals surface area contributed by atoms with Crippen LogP contribution in [-0.4, -0.2) is 17.9 Å². The van der Waals surface area contributed by atoms with Gasteiger partial charge in [0.15, 0.2) is 5.76 Å². The molecule has 1 amide bonds. The Balaban J connectivity index is 2.26. The molecule has 2 aromatic rings. The highest BCUT2D eigenvalue weighted by molar-refractivity contribution is 6.03. The predicted octanol–water partition coefficient (Wildman–Crippen LogP) is 1.53. The van der Waals surface area contributed by atoms with E-state index in [0.29, 0.717) is 11.5 Å². The van der Waals surface area contributed by atoms with Gasteiger partial charge >= 0.3 is 0 Å². The molecule has 16 heavy (non-hydrogen) atoms. The Morgan fingerprint density at radius 1 is 1.50 bits per heavy atom. The molecular weight excluding hydrogens is 206 g/mol. The van der Waals surface area contributed by atoms with Crippen molar-refractivity contribution in [3.8, 4) is 0 Å². The van der Waals surface area contributed by atoms with Gasteiger partial charge < -0.3 is 10.2 Å². The molecule has 0 saturated heterocycles. The number of carbonyl (C=O) groups excluding carboxylic acids is 1. The van der Waals surface area contributed by atoms with Crippen LogP contribution in [0.2, 0.25) is 0 Å². The number of aromatic nitrogens is 1. The zero-order valence-corrected chi connectivity index (χ0v) is 8.75. The molecule has 2 aromatic heterocycles. The average molecular weight is 217 g/mol. The van der Waals surface area contributed by atoms with Crippen molar-refractivity contribution in [3.05, 3.63) is 42.5 Å². The molecule has 0 spiro atoms. The number of hydrogen-bond donors (Lipinski definition) is 1. The highest BCUT2D eigenvalue weighted by atomic mass is 16.3. The lowest BCUT2D eigenvalue weighted by Crippen LogP contribution is -2.26. The monoisotopic (exact) mass is 217 g/mol. The zero-order chi connectivity index (χ0) is 11.5. The number of nitrogens with zero attached hydrogens (tertiary/aromatic N) is 2. The molecule has 0 aliphatic rings. The minimum atomic E-state index is -0.261. The van der Waals surface area contributed by atoms with Crippen LogP contribution >= 0.6 is 0 Å². The largest absolute Gasteiger partial charge is 0.459 e. The van der Waals surface area contributed by atoms with Gasteiger partial charge in [0.1, 0.15) is 5.82 Å². The number of nitrogen functional groups attached to an aromatic ring is 1. The maximum absolute atomic E-state index is 11.9. The van der Waals surface area contributed by atoms with E-state index in [4.69, 9.17) is 10.2 Å². The molecule has 2 N–H and O–H groups in total. The maximum Gasteiger partial charge on any atom is 0.294 e. The second-order valence-electron chi connectivity index (χ2n) is 3.29. The van der Waals surface area contributed by atoms with Crippen LogP contribution in [0.5, 0.6) is 0 Å². The van der Waals surface area contributed by atoms with Gasteiger partial charge in [-0.1, -0.05) is 0 Å². The number of nitrogens with two attached hydrogens (primary N) is 1. The van der Waals surface area contributed by atoms with E-state index in [1.165, 1.54) is 11.2 Å². The van der Waals surface area contributed by atoms with Gasteiger partial charge in [0.2, 0.25) is 0 Å². The summed E-state index contributed by atoms with van der Waals surface area (Å²) in [6, 6.07) is 6.55. The Kier molecular flexibility index (Phi) is 2.59. The molecule has 0 fully saturated rings. The zero-order valence-electron chi connectivity index (χ0n) is 8.75. The number of pyridine rings is 1. The molecule has 0 aliphatic heterocycles. The van der Waals surface area contributed by atoms with E-state index in [9.17, 15) is 4.79 Å². The van der Waals surface area contributed by atoms with E-state index in [-0.39, 0.29) is 11.7 Å². The standard InChI is InChI=1S/C11H11N3O2/c1-14(10-7-8(12)4-5-13-10)11(15)9-3-2-6-16-9/h2-7H,1H3,(H2,12,13). The lowest BCUT2D eigenvalue weighted by Gasteiger charge is -2.14. The van der Waals surface area contributed by atoms with Crippen molar-refractivity contribution in [2.75, 3.05) is 17.7 Å². The van der Waals surface area contributed by atoms with Crippen molar-refractivity contribution < 1.29 is 9.21 Å². The Hall–Kier alpha value is -2.30. The second-order valence-corrected chi connectivity index (χ2v) is 3.29. The first-order chi connectivity index (χ1) is 7.68. The Bertz CT molecular complexity index is 494. The number of amides is 1. The molecular formula is C11H11N3O2. The van der Waals surface area contributed by atoms with Gasteiger partial charge in [-0.05, 0) is 18.2 Å². The summed E-state index contributed by atoms with van der Waals surface area (Å²) in [5.41, 5.74) is 6.17. The van der Waals surface area contributed by atoms with Gasteiger partial charge in [0.25, 0.3) is 5.91 Å². The fourth-order valence-corrected chi connectivity index (χ4v) is 1.29. The van der Waals surface area contributed by atoms with Crippen molar-refractivity contribution in [2.45, 2.75) is 0 Å². The third kappa shape index (κ3) is 1.88. The Morgan fingerprint density at radius 2 is 2.31 bits per heavy atom. The van der Waals surface area contributed by atoms with Gasteiger partial charge in [-0.3, -0.25) is 9.69 Å². The first-order valence-corrected chi connectivity index (χ1v) is 4.71. The summed E-state index contributed by atoms with van der Waals surface area (Å²) in [7, 11) is 1.62. The van der Waals surface area contributed by atoms with Gasteiger partial charge in [-0.15, -0.1) is 0 Å². The molecule has 0 aliphatic carbocycles. The van der Waals surface area contributed by atoms with Crippen LogP contribution in [-0.2, 0) is 0 Å². The number of rotatable bonds is 2. The fourth-order valence-electron chi connectivity index (χ4n) is 1.29. The number of hydrogen-bond acceptors (Lipinski definition) is 4. The lowest BCUT2D eigenvalue weighted by atomic mass is 10.3. The van der Waals surface area contributed by atoms with Crippen LogP contribution in [0.15, 0.2) is 41.1 Å². The number of carbonyl (C=O) groups is 1. The molecule has 5 heteroatoms. The Morgan fingerprint density at radius 3 is 2.94 bits per heavy atom. The topological polar surface area (TPSA) is 72.4 Å². The molecule has 5 nitrogen and oxygen atoms in total. The molecule has 0 aromatic carbocycles. The van der Waals surface area contributed by atoms with Crippen LogP contribution in [0.4, 0.5) is 11.5 Å². The average Bonchev–Trinajstić information content (AvgIpc) is 2.80. The van der Waals surface area contributed by atoms with E-state index in [2.05, 4.69) is 4.98 Å². The van der Waals surface area contributed by atoms with Crippen molar-refractivity contribution in [2.24, 2.45) is 0 Å². The van der Waals surface area contributed by atoms with Crippen LogP contribution in [0.1, 0.15) is 10.6 Å². The first-order valence-electron chi connectivity index (χ1n) is 4.71. The third-order valence-electron chi connectivity index (χ3n) is 2.15. The summed E-state index contributed by atoms with van der Waals surface area (Å²) in [6.07, 6.45) is 3.00. The van der Waals surface area contributed by atoms with Crippen molar-refractivity contribution in [1.29, 1.82) is 0 Å². The molecule has 0 radical (unpaired) electrons. The van der Waals surface area contributed by atoms with Gasteiger partial charge in [-0.2, -0.15) is 0 Å². The highest BCUT2D eigenvalue weighted by Gasteiger charge is 2.16. The van der Waals surface area contributed by atoms with Gasteiger partial charge in [-0.25, -0.2) is 4.98 Å². The fraction of sp³-hybridized carbons (Fsp3) is 0.0909. The summed E-state index contributed by atoms with van der Waals surface area (Å²) in [6.45, 7) is 0. The summed E-state index contributed by atoms with van der Waals surface area (Å²) in [5.74, 6) is 0.497. The summed E-state index contributed by atoms with van der Waals surface area (Å²) in [4.78, 5) is 17.3.